The number of halogens is 2. The minimum atomic E-state index is 0. The van der Waals surface area contributed by atoms with E-state index in [4.69, 9.17) is 26.8 Å². The Bertz CT molecular complexity index is 695. The highest BCUT2D eigenvalue weighted by atomic mass is 127. The van der Waals surface area contributed by atoms with Crippen LogP contribution in [0.3, 0.4) is 0 Å². The average Bonchev–Trinajstić information content (AvgIpc) is 2.57. The second-order valence-corrected chi connectivity index (χ2v) is 5.31. The largest absolute Gasteiger partial charge is 0.493 e. The van der Waals surface area contributed by atoms with Crippen LogP contribution in [-0.4, -0.2) is 20.2 Å². The van der Waals surface area contributed by atoms with E-state index in [-0.39, 0.29) is 24.0 Å². The third kappa shape index (κ3) is 6.09. The van der Waals surface area contributed by atoms with Gasteiger partial charge in [0.1, 0.15) is 0 Å². The second-order valence-electron chi connectivity index (χ2n) is 4.87. The molecule has 130 valence electrons. The van der Waals surface area contributed by atoms with Gasteiger partial charge >= 0.3 is 0 Å². The first-order chi connectivity index (χ1) is 11.1. The van der Waals surface area contributed by atoms with Gasteiger partial charge in [0.15, 0.2) is 17.5 Å². The number of nitrogens with zero attached hydrogens (tertiary/aromatic N) is 1. The Hall–Kier alpha value is -1.67. The summed E-state index contributed by atoms with van der Waals surface area (Å²) in [6.45, 7) is 1.02. The summed E-state index contributed by atoms with van der Waals surface area (Å²) in [6.07, 6.45) is 0. The molecule has 0 atom stereocenters. The van der Waals surface area contributed by atoms with Gasteiger partial charge in [0.25, 0.3) is 0 Å². The number of ether oxygens (including phenoxy) is 2. The molecule has 0 saturated carbocycles. The maximum Gasteiger partial charge on any atom is 0.189 e. The fourth-order valence-electron chi connectivity index (χ4n) is 2.05. The third-order valence-electron chi connectivity index (χ3n) is 3.24. The molecule has 7 heteroatoms. The predicted molar refractivity (Wildman–Crippen MR) is 109 cm³/mol. The van der Waals surface area contributed by atoms with Gasteiger partial charge in [0.05, 0.1) is 20.8 Å². The van der Waals surface area contributed by atoms with Crippen molar-refractivity contribution in [3.8, 4) is 11.5 Å². The van der Waals surface area contributed by atoms with Crippen molar-refractivity contribution < 1.29 is 9.47 Å². The van der Waals surface area contributed by atoms with Gasteiger partial charge in [-0.05, 0) is 35.4 Å². The minimum absolute atomic E-state index is 0. The van der Waals surface area contributed by atoms with Crippen LogP contribution in [0.2, 0.25) is 5.02 Å². The number of methoxy groups -OCH3 is 2. The first-order valence-corrected chi connectivity index (χ1v) is 7.49. The smallest absolute Gasteiger partial charge is 0.189 e. The van der Waals surface area contributed by atoms with Crippen molar-refractivity contribution in [3.63, 3.8) is 0 Å². The molecule has 0 unspecified atom stereocenters. The summed E-state index contributed by atoms with van der Waals surface area (Å²) in [5.41, 5.74) is 7.91. The average molecular weight is 462 g/mol. The molecular formula is C17H21ClIN3O2. The van der Waals surface area contributed by atoms with Gasteiger partial charge in [-0.2, -0.15) is 0 Å². The molecule has 2 rings (SSSR count). The maximum atomic E-state index is 5.94. The van der Waals surface area contributed by atoms with Crippen LogP contribution in [-0.2, 0) is 13.1 Å². The Labute approximate surface area is 164 Å². The zero-order valence-corrected chi connectivity index (χ0v) is 16.7. The molecule has 0 radical (unpaired) electrons. The van der Waals surface area contributed by atoms with Gasteiger partial charge in [0, 0.05) is 11.6 Å². The number of hydrogen-bond donors (Lipinski definition) is 2. The fourth-order valence-corrected chi connectivity index (χ4v) is 2.26. The number of nitrogens with two attached hydrogens (primary N) is 1. The van der Waals surface area contributed by atoms with Gasteiger partial charge in [-0.15, -0.1) is 24.0 Å². The van der Waals surface area contributed by atoms with Gasteiger partial charge in [-0.25, -0.2) is 4.99 Å². The summed E-state index contributed by atoms with van der Waals surface area (Å²) < 4.78 is 10.5. The molecule has 0 saturated heterocycles. The number of hydrogen-bond acceptors (Lipinski definition) is 3. The van der Waals surface area contributed by atoms with E-state index in [1.807, 2.05) is 42.5 Å². The van der Waals surface area contributed by atoms with E-state index < -0.39 is 0 Å². The lowest BCUT2D eigenvalue weighted by Crippen LogP contribution is -2.31. The van der Waals surface area contributed by atoms with Crippen molar-refractivity contribution in [1.82, 2.24) is 5.32 Å². The highest BCUT2D eigenvalue weighted by Gasteiger charge is 2.04. The molecule has 0 heterocycles. The number of benzene rings is 2. The van der Waals surface area contributed by atoms with E-state index in [1.165, 1.54) is 0 Å². The Kier molecular flexibility index (Phi) is 8.70. The Morgan fingerprint density at radius 1 is 1.08 bits per heavy atom. The molecule has 0 amide bonds. The Balaban J connectivity index is 0.00000288. The van der Waals surface area contributed by atoms with E-state index in [0.29, 0.717) is 35.6 Å². The number of guanidine groups is 1. The standard InChI is InChI=1S/C17H20ClN3O2.HI/c1-22-15-7-6-13(9-16(15)23-2)11-21-17(19)20-10-12-4-3-5-14(18)8-12;/h3-9H,10-11H2,1-2H3,(H3,19,20,21);1H. The van der Waals surface area contributed by atoms with Crippen LogP contribution >= 0.6 is 35.6 Å². The molecule has 0 aliphatic rings. The molecule has 0 aliphatic carbocycles. The monoisotopic (exact) mass is 461 g/mol. The van der Waals surface area contributed by atoms with Crippen molar-refractivity contribution in [2.24, 2.45) is 10.7 Å². The van der Waals surface area contributed by atoms with E-state index in [2.05, 4.69) is 10.3 Å². The summed E-state index contributed by atoms with van der Waals surface area (Å²) in [4.78, 5) is 4.30. The fraction of sp³-hybridized carbons (Fsp3) is 0.235. The van der Waals surface area contributed by atoms with Crippen molar-refractivity contribution in [1.29, 1.82) is 0 Å². The summed E-state index contributed by atoms with van der Waals surface area (Å²) in [5, 5.41) is 3.76. The van der Waals surface area contributed by atoms with Gasteiger partial charge in [-0.1, -0.05) is 29.8 Å². The van der Waals surface area contributed by atoms with Crippen molar-refractivity contribution in [2.45, 2.75) is 13.1 Å². The topological polar surface area (TPSA) is 68.9 Å². The normalized spacial score (nSPS) is 10.7. The molecule has 0 bridgehead atoms. The lowest BCUT2D eigenvalue weighted by molar-refractivity contribution is 0.354. The van der Waals surface area contributed by atoms with Gasteiger partial charge in [0.2, 0.25) is 0 Å². The van der Waals surface area contributed by atoms with Crippen molar-refractivity contribution in [2.75, 3.05) is 14.2 Å². The summed E-state index contributed by atoms with van der Waals surface area (Å²) in [5.74, 6) is 1.75. The lowest BCUT2D eigenvalue weighted by atomic mass is 10.2. The van der Waals surface area contributed by atoms with Crippen LogP contribution in [0.4, 0.5) is 0 Å². The second kappa shape index (κ2) is 10.2. The number of rotatable bonds is 6. The molecule has 24 heavy (non-hydrogen) atoms. The molecular weight excluding hydrogens is 441 g/mol. The molecule has 2 aromatic carbocycles. The first kappa shape index (κ1) is 20.4. The zero-order chi connectivity index (χ0) is 16.7. The van der Waals surface area contributed by atoms with E-state index in [0.717, 1.165) is 11.1 Å². The summed E-state index contributed by atoms with van der Waals surface area (Å²) in [7, 11) is 3.21. The van der Waals surface area contributed by atoms with Gasteiger partial charge < -0.3 is 20.5 Å². The zero-order valence-electron chi connectivity index (χ0n) is 13.6. The van der Waals surface area contributed by atoms with E-state index in [1.54, 1.807) is 14.2 Å². The highest BCUT2D eigenvalue weighted by Crippen LogP contribution is 2.27. The van der Waals surface area contributed by atoms with Crippen LogP contribution < -0.4 is 20.5 Å². The van der Waals surface area contributed by atoms with Crippen LogP contribution in [0.15, 0.2) is 47.5 Å². The van der Waals surface area contributed by atoms with Gasteiger partial charge in [-0.3, -0.25) is 0 Å². The third-order valence-corrected chi connectivity index (χ3v) is 3.48. The molecule has 0 fully saturated rings. The molecule has 0 spiro atoms. The van der Waals surface area contributed by atoms with Crippen LogP contribution in [0, 0.1) is 0 Å². The minimum Gasteiger partial charge on any atom is -0.493 e. The molecule has 0 aromatic heterocycles. The molecule has 5 nitrogen and oxygen atoms in total. The highest BCUT2D eigenvalue weighted by molar-refractivity contribution is 14.0. The molecule has 2 aromatic rings. The first-order valence-electron chi connectivity index (χ1n) is 7.11. The maximum absolute atomic E-state index is 5.94. The predicted octanol–water partition coefficient (Wildman–Crippen LogP) is 3.58. The lowest BCUT2D eigenvalue weighted by Gasteiger charge is -2.10. The quantitative estimate of drug-likeness (QED) is 0.392. The Morgan fingerprint density at radius 2 is 1.83 bits per heavy atom. The summed E-state index contributed by atoms with van der Waals surface area (Å²) >= 11 is 5.94. The van der Waals surface area contributed by atoms with Crippen LogP contribution in [0.25, 0.3) is 0 Å². The number of nitrogens with one attached hydrogen (secondary N) is 1. The summed E-state index contributed by atoms with van der Waals surface area (Å²) in [6, 6.07) is 13.2. The van der Waals surface area contributed by atoms with Crippen LogP contribution in [0.1, 0.15) is 11.1 Å². The van der Waals surface area contributed by atoms with Crippen molar-refractivity contribution >= 4 is 41.5 Å². The van der Waals surface area contributed by atoms with E-state index >= 15 is 0 Å². The molecule has 0 aliphatic heterocycles. The van der Waals surface area contributed by atoms with Crippen molar-refractivity contribution in [3.05, 3.63) is 58.6 Å². The van der Waals surface area contributed by atoms with E-state index in [9.17, 15) is 0 Å². The Morgan fingerprint density at radius 3 is 2.50 bits per heavy atom. The van der Waals surface area contributed by atoms with Crippen LogP contribution in [0.5, 0.6) is 11.5 Å². The number of aliphatic imine (C=N–C) groups is 1. The SMILES string of the molecule is COc1ccc(CNC(N)=NCc2cccc(Cl)c2)cc1OC.I. The molecule has 3 N–H and O–H groups in total.